The highest BCUT2D eigenvalue weighted by Gasteiger charge is 2.53. The third-order valence-corrected chi connectivity index (χ3v) is 9.45. The van der Waals surface area contributed by atoms with Crippen molar-refractivity contribution in [2.24, 2.45) is 40.4 Å². The molecular formula is C28H42O. The zero-order chi connectivity index (χ0) is 21.0. The highest BCUT2D eigenvalue weighted by Crippen LogP contribution is 2.63. The third-order valence-electron chi connectivity index (χ3n) is 9.45. The zero-order valence-corrected chi connectivity index (χ0v) is 19.5. The van der Waals surface area contributed by atoms with Crippen molar-refractivity contribution in [3.63, 3.8) is 0 Å². The van der Waals surface area contributed by atoms with E-state index in [0.717, 1.165) is 25.2 Å². The molecule has 0 aromatic carbocycles. The number of rotatable bonds is 4. The Balaban J connectivity index is 1.60. The van der Waals surface area contributed by atoms with Crippen molar-refractivity contribution in [2.45, 2.75) is 86.2 Å². The average molecular weight is 395 g/mol. The van der Waals surface area contributed by atoms with Crippen molar-refractivity contribution in [3.05, 3.63) is 47.1 Å². The molecule has 0 radical (unpaired) electrons. The Labute approximate surface area is 179 Å². The number of aliphatic hydroxyl groups excluding tert-OH is 1. The van der Waals surface area contributed by atoms with Gasteiger partial charge in [-0.05, 0) is 84.7 Å². The zero-order valence-electron chi connectivity index (χ0n) is 19.5. The van der Waals surface area contributed by atoms with Gasteiger partial charge in [0, 0.05) is 5.41 Å². The minimum Gasteiger partial charge on any atom is -0.393 e. The van der Waals surface area contributed by atoms with Crippen LogP contribution in [0.5, 0.6) is 0 Å². The average Bonchev–Trinajstić information content (AvgIpc) is 3.03. The molecule has 4 aliphatic carbocycles. The van der Waals surface area contributed by atoms with E-state index in [9.17, 15) is 5.11 Å². The maximum Gasteiger partial charge on any atom is 0.0578 e. The Hall–Kier alpha value is -1.08. The molecule has 2 saturated carbocycles. The van der Waals surface area contributed by atoms with Gasteiger partial charge in [-0.3, -0.25) is 0 Å². The monoisotopic (exact) mass is 394 g/mol. The van der Waals surface area contributed by atoms with Gasteiger partial charge in [0.25, 0.3) is 0 Å². The summed E-state index contributed by atoms with van der Waals surface area (Å²) >= 11 is 0. The van der Waals surface area contributed by atoms with E-state index in [-0.39, 0.29) is 11.5 Å². The summed E-state index contributed by atoms with van der Waals surface area (Å²) in [5, 5.41) is 10.2. The Morgan fingerprint density at radius 2 is 1.79 bits per heavy atom. The number of allylic oxidation sites excluding steroid dienone is 7. The Kier molecular flexibility index (Phi) is 5.52. The summed E-state index contributed by atoms with van der Waals surface area (Å²) in [6.45, 7) is 14.5. The Morgan fingerprint density at radius 3 is 2.52 bits per heavy atom. The fourth-order valence-corrected chi connectivity index (χ4v) is 6.96. The Morgan fingerprint density at radius 1 is 1.03 bits per heavy atom. The quantitative estimate of drug-likeness (QED) is 0.498. The van der Waals surface area contributed by atoms with Crippen LogP contribution in [0.4, 0.5) is 0 Å². The van der Waals surface area contributed by atoms with Crippen molar-refractivity contribution in [1.82, 2.24) is 0 Å². The first kappa shape index (κ1) is 21.2. The molecule has 7 atom stereocenters. The number of fused-ring (bicyclic) bond motifs is 5. The van der Waals surface area contributed by atoms with E-state index < -0.39 is 0 Å². The maximum atomic E-state index is 10.2. The molecule has 4 aliphatic rings. The molecule has 0 unspecified atom stereocenters. The molecule has 0 bridgehead atoms. The highest BCUT2D eigenvalue weighted by atomic mass is 16.3. The van der Waals surface area contributed by atoms with Crippen molar-refractivity contribution in [2.75, 3.05) is 0 Å². The lowest BCUT2D eigenvalue weighted by molar-refractivity contribution is 0.113. The second-order valence-corrected chi connectivity index (χ2v) is 11.5. The third kappa shape index (κ3) is 3.42. The summed E-state index contributed by atoms with van der Waals surface area (Å²) in [6.07, 6.45) is 19.1. The molecular weight excluding hydrogens is 352 g/mol. The topological polar surface area (TPSA) is 20.2 Å². The molecule has 0 saturated heterocycles. The standard InChI is InChI=1S/C28H42O/c1-18(2)19(3)7-8-20(4)24-11-12-25-23-10-9-21-17-22(29)13-15-27(21,5)26(23)14-16-28(24,25)6/h7-10,14,18-20,22,24-25,29H,11-13,15-17H2,1-6H3/b8-7-/t19-,20-,22+,24-,25-,27-,28-/m0/s1. The van der Waals surface area contributed by atoms with Gasteiger partial charge < -0.3 is 5.11 Å². The van der Waals surface area contributed by atoms with Gasteiger partial charge in [-0.25, -0.2) is 0 Å². The summed E-state index contributed by atoms with van der Waals surface area (Å²) in [4.78, 5) is 0. The molecule has 1 N–H and O–H groups in total. The van der Waals surface area contributed by atoms with Crippen LogP contribution in [0.25, 0.3) is 0 Å². The van der Waals surface area contributed by atoms with E-state index in [1.54, 1.807) is 11.1 Å². The second-order valence-electron chi connectivity index (χ2n) is 11.5. The minimum absolute atomic E-state index is 0.143. The van der Waals surface area contributed by atoms with Gasteiger partial charge in [0.2, 0.25) is 0 Å². The summed E-state index contributed by atoms with van der Waals surface area (Å²) in [5.41, 5.74) is 5.26. The summed E-state index contributed by atoms with van der Waals surface area (Å²) < 4.78 is 0. The van der Waals surface area contributed by atoms with Crippen molar-refractivity contribution >= 4 is 0 Å². The van der Waals surface area contributed by atoms with E-state index in [2.05, 4.69) is 71.9 Å². The maximum absolute atomic E-state index is 10.2. The molecule has 1 nitrogen and oxygen atoms in total. The van der Waals surface area contributed by atoms with Gasteiger partial charge in [-0.15, -0.1) is 0 Å². The van der Waals surface area contributed by atoms with E-state index in [4.69, 9.17) is 0 Å². The van der Waals surface area contributed by atoms with E-state index in [1.807, 2.05) is 0 Å². The van der Waals surface area contributed by atoms with E-state index >= 15 is 0 Å². The fraction of sp³-hybridized carbons (Fsp3) is 0.714. The molecule has 0 aliphatic heterocycles. The van der Waals surface area contributed by atoms with Crippen molar-refractivity contribution in [3.8, 4) is 0 Å². The first-order valence-corrected chi connectivity index (χ1v) is 12.2. The predicted molar refractivity (Wildman–Crippen MR) is 123 cm³/mol. The number of hydrogen-bond donors (Lipinski definition) is 1. The normalized spacial score (nSPS) is 41.2. The van der Waals surface area contributed by atoms with E-state index in [0.29, 0.717) is 29.1 Å². The first-order chi connectivity index (χ1) is 13.7. The van der Waals surface area contributed by atoms with Crippen LogP contribution < -0.4 is 0 Å². The van der Waals surface area contributed by atoms with Crippen LogP contribution in [0.2, 0.25) is 0 Å². The van der Waals surface area contributed by atoms with Crippen LogP contribution >= 0.6 is 0 Å². The van der Waals surface area contributed by atoms with Gasteiger partial charge in [0.1, 0.15) is 0 Å². The lowest BCUT2D eigenvalue weighted by Crippen LogP contribution is -2.41. The lowest BCUT2D eigenvalue weighted by Gasteiger charge is -2.50. The first-order valence-electron chi connectivity index (χ1n) is 12.2. The molecule has 0 heterocycles. The summed E-state index contributed by atoms with van der Waals surface area (Å²) in [5.74, 6) is 3.50. The predicted octanol–water partition coefficient (Wildman–Crippen LogP) is 7.25. The fourth-order valence-electron chi connectivity index (χ4n) is 6.96. The van der Waals surface area contributed by atoms with Gasteiger partial charge >= 0.3 is 0 Å². The largest absolute Gasteiger partial charge is 0.393 e. The molecule has 160 valence electrons. The molecule has 2 fully saturated rings. The molecule has 1 heteroatoms. The molecule has 0 spiro atoms. The van der Waals surface area contributed by atoms with Crippen molar-refractivity contribution < 1.29 is 5.11 Å². The second kappa shape index (κ2) is 7.56. The van der Waals surface area contributed by atoms with Crippen LogP contribution in [0.15, 0.2) is 47.1 Å². The van der Waals surface area contributed by atoms with Gasteiger partial charge in [0.05, 0.1) is 6.10 Å². The Bertz CT molecular complexity index is 765. The number of aliphatic hydroxyl groups is 1. The van der Waals surface area contributed by atoms with Crippen LogP contribution in [0.1, 0.15) is 80.1 Å². The summed E-state index contributed by atoms with van der Waals surface area (Å²) in [7, 11) is 0. The van der Waals surface area contributed by atoms with Gasteiger partial charge in [-0.2, -0.15) is 0 Å². The SMILES string of the molecule is CC(C)[C@@H](C)/C=C\[C@H](C)[C@@H]1CC[C@H]2C3=CC=C4C[C@H](O)CC[C@]4(C)C3=CC[C@]21C. The minimum atomic E-state index is -0.143. The van der Waals surface area contributed by atoms with Crippen LogP contribution in [-0.4, -0.2) is 11.2 Å². The van der Waals surface area contributed by atoms with Gasteiger partial charge in [0.15, 0.2) is 0 Å². The smallest absolute Gasteiger partial charge is 0.0578 e. The highest BCUT2D eigenvalue weighted by molar-refractivity contribution is 5.53. The molecule has 0 aromatic rings. The van der Waals surface area contributed by atoms with Crippen LogP contribution in [0, 0.1) is 40.4 Å². The van der Waals surface area contributed by atoms with Crippen molar-refractivity contribution in [1.29, 1.82) is 0 Å². The molecule has 29 heavy (non-hydrogen) atoms. The lowest BCUT2D eigenvalue weighted by atomic mass is 9.54. The molecule has 0 amide bonds. The van der Waals surface area contributed by atoms with E-state index in [1.165, 1.54) is 24.8 Å². The van der Waals surface area contributed by atoms with Crippen LogP contribution in [-0.2, 0) is 0 Å². The molecule has 4 rings (SSSR count). The molecule has 0 aromatic heterocycles. The van der Waals surface area contributed by atoms with Crippen LogP contribution in [0.3, 0.4) is 0 Å². The summed E-state index contributed by atoms with van der Waals surface area (Å²) in [6, 6.07) is 0. The van der Waals surface area contributed by atoms with Gasteiger partial charge in [-0.1, -0.05) is 77.5 Å². The number of hydrogen-bond acceptors (Lipinski definition) is 1.